The third-order valence-electron chi connectivity index (χ3n) is 6.27. The molecule has 0 fully saturated rings. The van der Waals surface area contributed by atoms with Crippen molar-refractivity contribution in [2.75, 3.05) is 0 Å². The zero-order chi connectivity index (χ0) is 28.9. The lowest BCUT2D eigenvalue weighted by molar-refractivity contribution is 0.0950. The number of amides is 1. The summed E-state index contributed by atoms with van der Waals surface area (Å²) in [4.78, 5) is 17.2. The molecule has 0 saturated heterocycles. The number of sulfonamides is 1. The van der Waals surface area contributed by atoms with Gasteiger partial charge in [0.05, 0.1) is 17.2 Å². The maximum absolute atomic E-state index is 12.9. The van der Waals surface area contributed by atoms with E-state index in [1.54, 1.807) is 73.8 Å². The largest absolute Gasteiger partial charge is 0.487 e. The fourth-order valence-corrected chi connectivity index (χ4v) is 4.97. The third-order valence-corrected chi connectivity index (χ3v) is 7.24. The summed E-state index contributed by atoms with van der Waals surface area (Å²) in [6.45, 7) is 1.70. The number of aryl methyl sites for hydroxylation is 1. The molecule has 0 saturated carbocycles. The minimum Gasteiger partial charge on any atom is -0.487 e. The summed E-state index contributed by atoms with van der Waals surface area (Å²) in [6, 6.07) is 20.0. The van der Waals surface area contributed by atoms with Crippen LogP contribution in [-0.4, -0.2) is 30.3 Å². The first kappa shape index (κ1) is 28.4. The van der Waals surface area contributed by atoms with E-state index in [4.69, 9.17) is 21.0 Å². The molecule has 0 aliphatic carbocycles. The van der Waals surface area contributed by atoms with Gasteiger partial charge in [0.25, 0.3) is 5.91 Å². The van der Waals surface area contributed by atoms with Gasteiger partial charge in [-0.3, -0.25) is 15.2 Å². The number of nitrogen functional groups attached to an aromatic ring is 1. The van der Waals surface area contributed by atoms with Gasteiger partial charge >= 0.3 is 0 Å². The van der Waals surface area contributed by atoms with Crippen LogP contribution in [0.4, 0.5) is 0 Å². The van der Waals surface area contributed by atoms with Gasteiger partial charge in [0.1, 0.15) is 18.2 Å². The SMILES string of the molecule is Cc1ncc(CNC(=O)c2ccc(-c3ccccc3S(N)(=O)=O)cc2)c(CO)c1OCc1cccc(C(=N)N)c1. The van der Waals surface area contributed by atoms with E-state index in [0.717, 1.165) is 5.56 Å². The quantitative estimate of drug-likeness (QED) is 0.146. The number of hydrogen-bond acceptors (Lipinski definition) is 7. The molecule has 4 aromatic rings. The summed E-state index contributed by atoms with van der Waals surface area (Å²) in [7, 11) is -3.92. The lowest BCUT2D eigenvalue weighted by atomic mass is 10.0. The number of nitrogens with one attached hydrogen (secondary N) is 2. The number of aliphatic hydroxyl groups is 1. The number of amidine groups is 1. The molecule has 0 aliphatic rings. The molecule has 0 unspecified atom stereocenters. The first-order valence-corrected chi connectivity index (χ1v) is 13.8. The molecule has 4 rings (SSSR count). The maximum Gasteiger partial charge on any atom is 0.251 e. The highest BCUT2D eigenvalue weighted by molar-refractivity contribution is 7.89. The van der Waals surface area contributed by atoms with Gasteiger partial charge in [0, 0.05) is 35.0 Å². The average Bonchev–Trinajstić information content (AvgIpc) is 2.95. The Morgan fingerprint density at radius 1 is 1.05 bits per heavy atom. The number of benzene rings is 3. The number of carbonyl (C=O) groups is 1. The van der Waals surface area contributed by atoms with Crippen molar-refractivity contribution in [3.8, 4) is 16.9 Å². The molecule has 11 heteroatoms. The van der Waals surface area contributed by atoms with Gasteiger partial charge < -0.3 is 20.9 Å². The van der Waals surface area contributed by atoms with E-state index in [0.29, 0.717) is 44.8 Å². The zero-order valence-electron chi connectivity index (χ0n) is 21.7. The first-order chi connectivity index (χ1) is 19.1. The van der Waals surface area contributed by atoms with Crippen LogP contribution in [0.25, 0.3) is 11.1 Å². The number of aliphatic hydroxyl groups excluding tert-OH is 1. The lowest BCUT2D eigenvalue weighted by Gasteiger charge is -2.17. The van der Waals surface area contributed by atoms with Crippen LogP contribution in [0.1, 0.15) is 38.3 Å². The molecule has 3 aromatic carbocycles. The van der Waals surface area contributed by atoms with Crippen LogP contribution in [0.2, 0.25) is 0 Å². The molecule has 10 nitrogen and oxygen atoms in total. The van der Waals surface area contributed by atoms with Gasteiger partial charge in [-0.25, -0.2) is 13.6 Å². The Bertz CT molecular complexity index is 1670. The average molecular weight is 560 g/mol. The summed E-state index contributed by atoms with van der Waals surface area (Å²) in [6.07, 6.45) is 1.58. The molecule has 0 atom stereocenters. The molecular formula is C29H29N5O5S. The van der Waals surface area contributed by atoms with Gasteiger partial charge in [-0.05, 0) is 47.9 Å². The minimum absolute atomic E-state index is 0.000172. The maximum atomic E-state index is 12.9. The molecule has 0 spiro atoms. The van der Waals surface area contributed by atoms with Crippen molar-refractivity contribution in [1.29, 1.82) is 5.41 Å². The van der Waals surface area contributed by atoms with Gasteiger partial charge in [0.2, 0.25) is 10.0 Å². The lowest BCUT2D eigenvalue weighted by Crippen LogP contribution is -2.24. The van der Waals surface area contributed by atoms with Crippen molar-refractivity contribution in [3.05, 3.63) is 113 Å². The third kappa shape index (κ3) is 6.52. The topological polar surface area (TPSA) is 181 Å². The molecule has 1 heterocycles. The van der Waals surface area contributed by atoms with Crippen molar-refractivity contribution in [2.24, 2.45) is 10.9 Å². The molecule has 1 aromatic heterocycles. The fourth-order valence-electron chi connectivity index (χ4n) is 4.21. The Morgan fingerprint density at radius 3 is 2.45 bits per heavy atom. The van der Waals surface area contributed by atoms with Crippen LogP contribution in [-0.2, 0) is 29.8 Å². The summed E-state index contributed by atoms with van der Waals surface area (Å²) in [5, 5.41) is 25.9. The monoisotopic (exact) mass is 559 g/mol. The Labute approximate surface area is 232 Å². The highest BCUT2D eigenvalue weighted by Crippen LogP contribution is 2.28. The van der Waals surface area contributed by atoms with E-state index < -0.39 is 10.0 Å². The smallest absolute Gasteiger partial charge is 0.251 e. The number of aromatic nitrogens is 1. The molecule has 0 radical (unpaired) electrons. The van der Waals surface area contributed by atoms with E-state index in [9.17, 15) is 18.3 Å². The standard InChI is InChI=1S/C29H29N5O5S/c1-18-27(39-17-19-5-4-6-22(13-19)28(30)31)25(16-35)23(14-33-18)15-34-29(36)21-11-9-20(10-12-21)24-7-2-3-8-26(24)40(32,37)38/h2-14,35H,15-17H2,1H3,(H3,30,31)(H,34,36)(H2,32,37,38). The number of nitrogens with zero attached hydrogens (tertiary/aromatic N) is 1. The highest BCUT2D eigenvalue weighted by Gasteiger charge is 2.17. The molecular weight excluding hydrogens is 530 g/mol. The van der Waals surface area contributed by atoms with Crippen LogP contribution in [0.15, 0.2) is 83.9 Å². The number of carbonyl (C=O) groups excluding carboxylic acids is 1. The van der Waals surface area contributed by atoms with E-state index in [-0.39, 0.29) is 36.4 Å². The molecule has 0 bridgehead atoms. The molecule has 0 aliphatic heterocycles. The molecule has 206 valence electrons. The number of ether oxygens (including phenoxy) is 1. The summed E-state index contributed by atoms with van der Waals surface area (Å²) in [5.41, 5.74) is 10.0. The summed E-state index contributed by atoms with van der Waals surface area (Å²) >= 11 is 0. The Morgan fingerprint density at radius 2 is 1.77 bits per heavy atom. The predicted molar refractivity (Wildman–Crippen MR) is 151 cm³/mol. The Hall–Kier alpha value is -4.58. The normalized spacial score (nSPS) is 11.2. The predicted octanol–water partition coefficient (Wildman–Crippen LogP) is 2.99. The number of pyridine rings is 1. The summed E-state index contributed by atoms with van der Waals surface area (Å²) in [5.74, 6) is 0.0102. The van der Waals surface area contributed by atoms with Crippen LogP contribution < -0.4 is 20.9 Å². The second kappa shape index (κ2) is 12.1. The number of rotatable bonds is 10. The Kier molecular flexibility index (Phi) is 8.58. The van der Waals surface area contributed by atoms with E-state index in [1.807, 2.05) is 6.07 Å². The van der Waals surface area contributed by atoms with Crippen LogP contribution in [0.3, 0.4) is 0 Å². The first-order valence-electron chi connectivity index (χ1n) is 12.2. The zero-order valence-corrected chi connectivity index (χ0v) is 22.5. The van der Waals surface area contributed by atoms with E-state index in [2.05, 4.69) is 10.3 Å². The second-order valence-corrected chi connectivity index (χ2v) is 10.6. The van der Waals surface area contributed by atoms with Crippen molar-refractivity contribution >= 4 is 21.8 Å². The van der Waals surface area contributed by atoms with Gasteiger partial charge in [-0.1, -0.05) is 48.5 Å². The minimum atomic E-state index is -3.92. The van der Waals surface area contributed by atoms with Crippen LogP contribution in [0, 0.1) is 12.3 Å². The van der Waals surface area contributed by atoms with Crippen molar-refractivity contribution < 1.29 is 23.1 Å². The molecule has 1 amide bonds. The second-order valence-electron chi connectivity index (χ2n) is 9.04. The number of hydrogen-bond donors (Lipinski definition) is 5. The summed E-state index contributed by atoms with van der Waals surface area (Å²) < 4.78 is 29.9. The number of nitrogens with two attached hydrogens (primary N) is 2. The van der Waals surface area contributed by atoms with Gasteiger partial charge in [0.15, 0.2) is 0 Å². The fraction of sp³-hybridized carbons (Fsp3) is 0.138. The molecule has 40 heavy (non-hydrogen) atoms. The van der Waals surface area contributed by atoms with Crippen molar-refractivity contribution in [1.82, 2.24) is 10.3 Å². The van der Waals surface area contributed by atoms with Crippen LogP contribution >= 0.6 is 0 Å². The molecule has 7 N–H and O–H groups in total. The van der Waals surface area contributed by atoms with Crippen molar-refractivity contribution in [2.45, 2.75) is 31.6 Å². The Balaban J connectivity index is 1.48. The number of primary sulfonamides is 1. The van der Waals surface area contributed by atoms with Gasteiger partial charge in [-0.2, -0.15) is 0 Å². The van der Waals surface area contributed by atoms with E-state index >= 15 is 0 Å². The van der Waals surface area contributed by atoms with Crippen molar-refractivity contribution in [3.63, 3.8) is 0 Å². The van der Waals surface area contributed by atoms with Gasteiger partial charge in [-0.15, -0.1) is 0 Å². The van der Waals surface area contributed by atoms with E-state index in [1.165, 1.54) is 6.07 Å². The highest BCUT2D eigenvalue weighted by atomic mass is 32.2. The van der Waals surface area contributed by atoms with Crippen LogP contribution in [0.5, 0.6) is 5.75 Å².